The smallest absolute Gasteiger partial charge is 0.311 e. The summed E-state index contributed by atoms with van der Waals surface area (Å²) < 4.78 is 24.0. The average molecular weight is 367 g/mol. The minimum absolute atomic E-state index is 0.0371. The van der Waals surface area contributed by atoms with Crippen LogP contribution < -0.4 is 5.32 Å². The topological polar surface area (TPSA) is 84.9 Å². The first-order chi connectivity index (χ1) is 12.5. The number of ether oxygens (including phenoxy) is 2. The second-order valence-corrected chi connectivity index (χ2v) is 6.68. The van der Waals surface area contributed by atoms with E-state index < -0.39 is 23.1 Å². The molecule has 1 amide bonds. The summed E-state index contributed by atoms with van der Waals surface area (Å²) in [5.41, 5.74) is -0.340. The highest BCUT2D eigenvalue weighted by Crippen LogP contribution is 2.36. The summed E-state index contributed by atoms with van der Waals surface area (Å²) in [6, 6.07) is 4.04. The van der Waals surface area contributed by atoms with Gasteiger partial charge in [0.05, 0.1) is 25.2 Å². The van der Waals surface area contributed by atoms with Crippen LogP contribution in [0.1, 0.15) is 48.0 Å². The predicted molar refractivity (Wildman–Crippen MR) is 93.4 cm³/mol. The maximum Gasteiger partial charge on any atom is 0.311 e. The number of carboxylic acids is 1. The standard InChI is InChI=1S/C19H26FNO5/c1-25-9-10-26-12-15-11-14(5-6-16(15)20)17(22)21-13-19(18(23)24)7-3-2-4-8-19/h5-6,11H,2-4,7-10,12-13H2,1H3,(H,21,22)(H,23,24). The Morgan fingerprint density at radius 2 is 1.96 bits per heavy atom. The fraction of sp³-hybridized carbons (Fsp3) is 0.579. The van der Waals surface area contributed by atoms with Crippen LogP contribution in [0.25, 0.3) is 0 Å². The number of carbonyl (C=O) groups excluding carboxylic acids is 1. The van der Waals surface area contributed by atoms with E-state index in [4.69, 9.17) is 9.47 Å². The molecule has 0 aliphatic heterocycles. The first-order valence-corrected chi connectivity index (χ1v) is 8.85. The number of hydrogen-bond donors (Lipinski definition) is 2. The van der Waals surface area contributed by atoms with E-state index in [1.165, 1.54) is 18.2 Å². The maximum atomic E-state index is 13.9. The van der Waals surface area contributed by atoms with E-state index in [1.54, 1.807) is 7.11 Å². The van der Waals surface area contributed by atoms with Crippen molar-refractivity contribution in [3.8, 4) is 0 Å². The lowest BCUT2D eigenvalue weighted by molar-refractivity contribution is -0.150. The lowest BCUT2D eigenvalue weighted by atomic mass is 9.74. The number of carboxylic acid groups (broad SMARTS) is 1. The number of nitrogens with one attached hydrogen (secondary N) is 1. The van der Waals surface area contributed by atoms with Crippen molar-refractivity contribution in [3.63, 3.8) is 0 Å². The summed E-state index contributed by atoms with van der Waals surface area (Å²) in [4.78, 5) is 24.1. The lowest BCUT2D eigenvalue weighted by Gasteiger charge is -2.33. The number of methoxy groups -OCH3 is 1. The molecule has 1 aliphatic carbocycles. The summed E-state index contributed by atoms with van der Waals surface area (Å²) in [5, 5.41) is 12.3. The molecule has 1 aromatic rings. The molecule has 0 saturated heterocycles. The average Bonchev–Trinajstić information content (AvgIpc) is 2.65. The van der Waals surface area contributed by atoms with E-state index in [-0.39, 0.29) is 24.3 Å². The third kappa shape index (κ3) is 5.25. The Kier molecular flexibility index (Phi) is 7.53. The van der Waals surface area contributed by atoms with Gasteiger partial charge < -0.3 is 19.9 Å². The van der Waals surface area contributed by atoms with Crippen LogP contribution >= 0.6 is 0 Å². The van der Waals surface area contributed by atoms with Crippen molar-refractivity contribution in [3.05, 3.63) is 35.1 Å². The second kappa shape index (κ2) is 9.64. The zero-order valence-corrected chi connectivity index (χ0v) is 15.1. The number of hydrogen-bond acceptors (Lipinski definition) is 4. The van der Waals surface area contributed by atoms with Gasteiger partial charge in [-0.3, -0.25) is 9.59 Å². The molecule has 1 aromatic carbocycles. The Bertz CT molecular complexity index is 628. The number of rotatable bonds is 9. The Hall–Kier alpha value is -1.99. The molecule has 2 N–H and O–H groups in total. The van der Waals surface area contributed by atoms with Crippen molar-refractivity contribution in [2.45, 2.75) is 38.7 Å². The molecule has 1 saturated carbocycles. The van der Waals surface area contributed by atoms with Crippen molar-refractivity contribution in [2.24, 2.45) is 5.41 Å². The monoisotopic (exact) mass is 367 g/mol. The van der Waals surface area contributed by atoms with Gasteiger partial charge in [0.1, 0.15) is 5.82 Å². The van der Waals surface area contributed by atoms with E-state index in [0.29, 0.717) is 26.1 Å². The van der Waals surface area contributed by atoms with Crippen LogP contribution in [-0.2, 0) is 20.9 Å². The van der Waals surface area contributed by atoms with Gasteiger partial charge in [-0.25, -0.2) is 4.39 Å². The summed E-state index contributed by atoms with van der Waals surface area (Å²) in [6.45, 7) is 0.847. The van der Waals surface area contributed by atoms with Crippen LogP contribution in [0.5, 0.6) is 0 Å². The van der Waals surface area contributed by atoms with E-state index in [1.807, 2.05) is 0 Å². The molecule has 0 radical (unpaired) electrons. The van der Waals surface area contributed by atoms with Gasteiger partial charge in [-0.15, -0.1) is 0 Å². The molecular weight excluding hydrogens is 341 g/mol. The fourth-order valence-corrected chi connectivity index (χ4v) is 3.20. The number of amides is 1. The number of carbonyl (C=O) groups is 2. The molecule has 0 aromatic heterocycles. The molecule has 6 nitrogen and oxygen atoms in total. The summed E-state index contributed by atoms with van der Waals surface area (Å²) in [5.74, 6) is -1.73. The molecule has 0 spiro atoms. The van der Waals surface area contributed by atoms with Crippen LogP contribution in [0.2, 0.25) is 0 Å². The Morgan fingerprint density at radius 1 is 1.23 bits per heavy atom. The molecule has 0 unspecified atom stereocenters. The lowest BCUT2D eigenvalue weighted by Crippen LogP contribution is -2.44. The Labute approximate surface area is 152 Å². The van der Waals surface area contributed by atoms with E-state index in [2.05, 4.69) is 5.32 Å². The van der Waals surface area contributed by atoms with Gasteiger partial charge in [0.2, 0.25) is 0 Å². The van der Waals surface area contributed by atoms with E-state index >= 15 is 0 Å². The molecule has 2 rings (SSSR count). The highest BCUT2D eigenvalue weighted by Gasteiger charge is 2.39. The van der Waals surface area contributed by atoms with Crippen LogP contribution in [0.3, 0.4) is 0 Å². The van der Waals surface area contributed by atoms with Gasteiger partial charge in [-0.2, -0.15) is 0 Å². The van der Waals surface area contributed by atoms with Gasteiger partial charge in [0.15, 0.2) is 0 Å². The van der Waals surface area contributed by atoms with Crippen LogP contribution in [0.15, 0.2) is 18.2 Å². The summed E-state index contributed by atoms with van der Waals surface area (Å²) in [6.07, 6.45) is 3.84. The Balaban J connectivity index is 1.99. The van der Waals surface area contributed by atoms with Crippen molar-refractivity contribution in [1.82, 2.24) is 5.32 Å². The van der Waals surface area contributed by atoms with Crippen molar-refractivity contribution < 1.29 is 28.6 Å². The van der Waals surface area contributed by atoms with Crippen molar-refractivity contribution in [2.75, 3.05) is 26.9 Å². The summed E-state index contributed by atoms with van der Waals surface area (Å²) >= 11 is 0. The zero-order chi connectivity index (χ0) is 19.0. The van der Waals surface area contributed by atoms with Crippen molar-refractivity contribution >= 4 is 11.9 Å². The maximum absolute atomic E-state index is 13.9. The molecule has 144 valence electrons. The third-order valence-electron chi connectivity index (χ3n) is 4.85. The van der Waals surface area contributed by atoms with Gasteiger partial charge >= 0.3 is 5.97 Å². The molecule has 1 aliphatic rings. The van der Waals surface area contributed by atoms with Gasteiger partial charge in [-0.05, 0) is 31.0 Å². The highest BCUT2D eigenvalue weighted by atomic mass is 19.1. The highest BCUT2D eigenvalue weighted by molar-refractivity contribution is 5.94. The quantitative estimate of drug-likeness (QED) is 0.656. The van der Waals surface area contributed by atoms with E-state index in [9.17, 15) is 19.1 Å². The molecule has 7 heteroatoms. The second-order valence-electron chi connectivity index (χ2n) is 6.68. The largest absolute Gasteiger partial charge is 0.481 e. The SMILES string of the molecule is COCCOCc1cc(C(=O)NCC2(C(=O)O)CCCCC2)ccc1F. The molecule has 26 heavy (non-hydrogen) atoms. The minimum Gasteiger partial charge on any atom is -0.481 e. The minimum atomic E-state index is -0.903. The molecule has 0 bridgehead atoms. The first kappa shape index (κ1) is 20.3. The number of halogens is 1. The normalized spacial score (nSPS) is 16.2. The zero-order valence-electron chi connectivity index (χ0n) is 15.1. The van der Waals surface area contributed by atoms with Gasteiger partial charge in [0, 0.05) is 24.8 Å². The van der Waals surface area contributed by atoms with E-state index in [0.717, 1.165) is 19.3 Å². The third-order valence-corrected chi connectivity index (χ3v) is 4.85. The Morgan fingerprint density at radius 3 is 2.62 bits per heavy atom. The fourth-order valence-electron chi connectivity index (χ4n) is 3.20. The van der Waals surface area contributed by atoms with Gasteiger partial charge in [-0.1, -0.05) is 19.3 Å². The van der Waals surface area contributed by atoms with Crippen molar-refractivity contribution in [1.29, 1.82) is 0 Å². The molecule has 0 atom stereocenters. The summed E-state index contributed by atoms with van der Waals surface area (Å²) in [7, 11) is 1.55. The number of aliphatic carboxylic acids is 1. The number of benzene rings is 1. The van der Waals surface area contributed by atoms with Crippen LogP contribution in [-0.4, -0.2) is 43.9 Å². The van der Waals surface area contributed by atoms with Gasteiger partial charge in [0.25, 0.3) is 5.91 Å². The molecule has 0 heterocycles. The predicted octanol–water partition coefficient (Wildman–Crippen LogP) is 2.75. The molecular formula is C19H26FNO5. The van der Waals surface area contributed by atoms with Crippen LogP contribution in [0.4, 0.5) is 4.39 Å². The van der Waals surface area contributed by atoms with Crippen LogP contribution in [0, 0.1) is 11.2 Å². The molecule has 1 fully saturated rings. The first-order valence-electron chi connectivity index (χ1n) is 8.85.